The number of hydrogen-bond donors (Lipinski definition) is 1. The molecule has 0 saturated heterocycles. The predicted octanol–water partition coefficient (Wildman–Crippen LogP) is 3.21. The molecule has 0 saturated carbocycles. The number of aliphatic hydroxyl groups excluding tert-OH is 1. The molecule has 0 aliphatic heterocycles. The zero-order valence-corrected chi connectivity index (χ0v) is 9.09. The standard InChI is InChI=1S/C12H15ClO/c1-9(2)7-11(14)8-10-5-3-4-6-12(10)13/h3-6,11,14H,1,7-8H2,2H3. The van der Waals surface area contributed by atoms with Crippen LogP contribution in [0, 0.1) is 0 Å². The third-order valence-corrected chi connectivity index (χ3v) is 2.37. The summed E-state index contributed by atoms with van der Waals surface area (Å²) in [7, 11) is 0. The lowest BCUT2D eigenvalue weighted by Crippen LogP contribution is -2.10. The Morgan fingerprint density at radius 3 is 2.71 bits per heavy atom. The molecule has 1 aromatic rings. The van der Waals surface area contributed by atoms with Gasteiger partial charge in [0.05, 0.1) is 6.10 Å². The van der Waals surface area contributed by atoms with Gasteiger partial charge < -0.3 is 5.11 Å². The lowest BCUT2D eigenvalue weighted by Gasteiger charge is -2.11. The fraction of sp³-hybridized carbons (Fsp3) is 0.333. The summed E-state index contributed by atoms with van der Waals surface area (Å²) in [6.45, 7) is 5.68. The van der Waals surface area contributed by atoms with Gasteiger partial charge in [-0.1, -0.05) is 35.4 Å². The molecule has 1 atom stereocenters. The second-order valence-corrected chi connectivity index (χ2v) is 4.02. The Morgan fingerprint density at radius 1 is 1.50 bits per heavy atom. The Hall–Kier alpha value is -0.790. The molecule has 0 aromatic heterocycles. The summed E-state index contributed by atoms with van der Waals surface area (Å²) in [5, 5.41) is 10.4. The van der Waals surface area contributed by atoms with E-state index >= 15 is 0 Å². The fourth-order valence-electron chi connectivity index (χ4n) is 1.39. The first-order valence-corrected chi connectivity index (χ1v) is 5.03. The smallest absolute Gasteiger partial charge is 0.0617 e. The van der Waals surface area contributed by atoms with Crippen molar-refractivity contribution in [3.05, 3.63) is 47.0 Å². The van der Waals surface area contributed by atoms with E-state index in [4.69, 9.17) is 11.6 Å². The molecule has 0 amide bonds. The van der Waals surface area contributed by atoms with E-state index in [0.29, 0.717) is 17.9 Å². The zero-order valence-electron chi connectivity index (χ0n) is 8.33. The third kappa shape index (κ3) is 3.52. The van der Waals surface area contributed by atoms with Crippen LogP contribution >= 0.6 is 11.6 Å². The largest absolute Gasteiger partial charge is 0.392 e. The van der Waals surface area contributed by atoms with Gasteiger partial charge in [-0.2, -0.15) is 0 Å². The molecule has 14 heavy (non-hydrogen) atoms. The third-order valence-electron chi connectivity index (χ3n) is 2.00. The highest BCUT2D eigenvalue weighted by atomic mass is 35.5. The lowest BCUT2D eigenvalue weighted by molar-refractivity contribution is 0.175. The van der Waals surface area contributed by atoms with Crippen LogP contribution in [0.4, 0.5) is 0 Å². The highest BCUT2D eigenvalue weighted by Crippen LogP contribution is 2.18. The number of benzene rings is 1. The van der Waals surface area contributed by atoms with Crippen molar-refractivity contribution in [2.75, 3.05) is 0 Å². The molecule has 0 aliphatic rings. The summed E-state index contributed by atoms with van der Waals surface area (Å²) in [4.78, 5) is 0. The van der Waals surface area contributed by atoms with Gasteiger partial charge in [-0.3, -0.25) is 0 Å². The minimum absolute atomic E-state index is 0.382. The first-order chi connectivity index (χ1) is 6.59. The zero-order chi connectivity index (χ0) is 10.6. The van der Waals surface area contributed by atoms with Crippen LogP contribution in [0.5, 0.6) is 0 Å². The molecule has 0 aliphatic carbocycles. The summed E-state index contributed by atoms with van der Waals surface area (Å²) in [5.74, 6) is 0. The Bertz CT molecular complexity index is 320. The van der Waals surface area contributed by atoms with E-state index in [1.54, 1.807) is 0 Å². The predicted molar refractivity (Wildman–Crippen MR) is 60.6 cm³/mol. The fourth-order valence-corrected chi connectivity index (χ4v) is 1.61. The van der Waals surface area contributed by atoms with Gasteiger partial charge in [0.15, 0.2) is 0 Å². The number of rotatable bonds is 4. The van der Waals surface area contributed by atoms with Crippen LogP contribution in [0.1, 0.15) is 18.9 Å². The molecule has 0 fully saturated rings. The van der Waals surface area contributed by atoms with Crippen molar-refractivity contribution in [1.82, 2.24) is 0 Å². The Labute approximate surface area is 90.0 Å². The summed E-state index contributed by atoms with van der Waals surface area (Å²) in [6, 6.07) is 7.58. The van der Waals surface area contributed by atoms with Gasteiger partial charge in [-0.15, -0.1) is 6.58 Å². The SMILES string of the molecule is C=C(C)CC(O)Cc1ccccc1Cl. The molecule has 0 bridgehead atoms. The second-order valence-electron chi connectivity index (χ2n) is 3.61. The van der Waals surface area contributed by atoms with E-state index in [0.717, 1.165) is 11.1 Å². The van der Waals surface area contributed by atoms with Crippen LogP contribution in [0.15, 0.2) is 36.4 Å². The molecule has 76 valence electrons. The molecule has 0 heterocycles. The normalized spacial score (nSPS) is 12.5. The minimum Gasteiger partial charge on any atom is -0.392 e. The molecule has 2 heteroatoms. The highest BCUT2D eigenvalue weighted by Gasteiger charge is 2.07. The van der Waals surface area contributed by atoms with Gasteiger partial charge >= 0.3 is 0 Å². The molecule has 1 rings (SSSR count). The summed E-state index contributed by atoms with van der Waals surface area (Å²) < 4.78 is 0. The maximum Gasteiger partial charge on any atom is 0.0617 e. The van der Waals surface area contributed by atoms with Crippen molar-refractivity contribution in [2.45, 2.75) is 25.9 Å². The van der Waals surface area contributed by atoms with E-state index in [9.17, 15) is 5.11 Å². The average Bonchev–Trinajstić information content (AvgIpc) is 2.07. The molecular formula is C12H15ClO. The van der Waals surface area contributed by atoms with Gasteiger partial charge in [-0.25, -0.2) is 0 Å². The van der Waals surface area contributed by atoms with E-state index in [1.165, 1.54) is 0 Å². The van der Waals surface area contributed by atoms with Gasteiger partial charge in [0, 0.05) is 11.4 Å². The van der Waals surface area contributed by atoms with E-state index in [-0.39, 0.29) is 6.10 Å². The van der Waals surface area contributed by atoms with Crippen LogP contribution in [0.25, 0.3) is 0 Å². The van der Waals surface area contributed by atoms with Crippen molar-refractivity contribution in [3.8, 4) is 0 Å². The monoisotopic (exact) mass is 210 g/mol. The van der Waals surface area contributed by atoms with Crippen LogP contribution in [-0.4, -0.2) is 11.2 Å². The van der Waals surface area contributed by atoms with E-state index in [2.05, 4.69) is 6.58 Å². The lowest BCUT2D eigenvalue weighted by atomic mass is 10.0. The van der Waals surface area contributed by atoms with Crippen LogP contribution in [0.2, 0.25) is 5.02 Å². The first-order valence-electron chi connectivity index (χ1n) is 4.65. The van der Waals surface area contributed by atoms with Crippen molar-refractivity contribution < 1.29 is 5.11 Å². The first kappa shape index (κ1) is 11.3. The van der Waals surface area contributed by atoms with Gasteiger partial charge in [0.25, 0.3) is 0 Å². The van der Waals surface area contributed by atoms with Crippen LogP contribution in [-0.2, 0) is 6.42 Å². The highest BCUT2D eigenvalue weighted by molar-refractivity contribution is 6.31. The Kier molecular flexibility index (Phi) is 4.18. The van der Waals surface area contributed by atoms with Gasteiger partial charge in [0.2, 0.25) is 0 Å². The molecule has 0 radical (unpaired) electrons. The molecule has 1 nitrogen and oxygen atoms in total. The van der Waals surface area contributed by atoms with Gasteiger partial charge in [0.1, 0.15) is 0 Å². The Balaban J connectivity index is 2.60. The summed E-state index contributed by atoms with van der Waals surface area (Å²) >= 11 is 5.97. The molecule has 0 spiro atoms. The van der Waals surface area contributed by atoms with Crippen molar-refractivity contribution in [3.63, 3.8) is 0 Å². The van der Waals surface area contributed by atoms with E-state index < -0.39 is 0 Å². The minimum atomic E-state index is -0.382. The topological polar surface area (TPSA) is 20.2 Å². The maximum absolute atomic E-state index is 9.68. The average molecular weight is 211 g/mol. The Morgan fingerprint density at radius 2 is 2.14 bits per heavy atom. The van der Waals surface area contributed by atoms with Crippen LogP contribution < -0.4 is 0 Å². The molecule has 1 aromatic carbocycles. The van der Waals surface area contributed by atoms with Crippen molar-refractivity contribution in [2.24, 2.45) is 0 Å². The van der Waals surface area contributed by atoms with Gasteiger partial charge in [-0.05, 0) is 25.0 Å². The second kappa shape index (κ2) is 5.18. The molecule has 1 N–H and O–H groups in total. The summed E-state index contributed by atoms with van der Waals surface area (Å²) in [6.07, 6.45) is 0.838. The maximum atomic E-state index is 9.68. The van der Waals surface area contributed by atoms with Crippen molar-refractivity contribution >= 4 is 11.6 Å². The molecular weight excluding hydrogens is 196 g/mol. The van der Waals surface area contributed by atoms with E-state index in [1.807, 2.05) is 31.2 Å². The number of aliphatic hydroxyl groups is 1. The van der Waals surface area contributed by atoms with Crippen molar-refractivity contribution in [1.29, 1.82) is 0 Å². The number of halogens is 1. The summed E-state index contributed by atoms with van der Waals surface area (Å²) in [5.41, 5.74) is 1.98. The quantitative estimate of drug-likeness (QED) is 0.757. The van der Waals surface area contributed by atoms with Crippen LogP contribution in [0.3, 0.4) is 0 Å². The molecule has 1 unspecified atom stereocenters. The number of hydrogen-bond acceptors (Lipinski definition) is 1.